The van der Waals surface area contributed by atoms with Crippen molar-refractivity contribution in [2.24, 2.45) is 5.92 Å². The molecule has 2 aromatic heterocycles. The Hall–Kier alpha value is -2.91. The topological polar surface area (TPSA) is 116 Å². The molecule has 0 radical (unpaired) electrons. The Morgan fingerprint density at radius 2 is 2.10 bits per heavy atom. The number of carbonyl (C=O) groups excluding carboxylic acids is 2. The lowest BCUT2D eigenvalue weighted by Gasteiger charge is -2.25. The van der Waals surface area contributed by atoms with Crippen molar-refractivity contribution in [1.29, 1.82) is 0 Å². The van der Waals surface area contributed by atoms with Crippen LogP contribution in [0.25, 0.3) is 0 Å². The van der Waals surface area contributed by atoms with E-state index in [-0.39, 0.29) is 17.9 Å². The number of carbonyl (C=O) groups is 2. The summed E-state index contributed by atoms with van der Waals surface area (Å²) in [5.41, 5.74) is 0.921. The fourth-order valence-corrected chi connectivity index (χ4v) is 3.60. The van der Waals surface area contributed by atoms with Crippen LogP contribution in [0, 0.1) is 5.92 Å². The molecule has 0 aromatic carbocycles. The minimum Gasteiger partial charge on any atom is -0.444 e. The molecule has 10 heteroatoms. The minimum atomic E-state index is -0.529. The average Bonchev–Trinajstić information content (AvgIpc) is 3.31. The highest BCUT2D eigenvalue weighted by Gasteiger charge is 2.27. The lowest BCUT2D eigenvalue weighted by atomic mass is 9.94. The van der Waals surface area contributed by atoms with Crippen molar-refractivity contribution in [3.05, 3.63) is 29.6 Å². The molecule has 10 nitrogen and oxygen atoms in total. The molecule has 2 amide bonds. The largest absolute Gasteiger partial charge is 0.444 e. The summed E-state index contributed by atoms with van der Waals surface area (Å²) in [6.07, 6.45) is 4.23. The van der Waals surface area contributed by atoms with Crippen LogP contribution >= 0.6 is 0 Å². The molecule has 1 aliphatic rings. The van der Waals surface area contributed by atoms with Crippen molar-refractivity contribution < 1.29 is 14.3 Å². The number of hydrogen-bond acceptors (Lipinski definition) is 6. The zero-order valence-electron chi connectivity index (χ0n) is 18.3. The molecule has 0 fully saturated rings. The molecule has 3 rings (SSSR count). The van der Waals surface area contributed by atoms with Gasteiger partial charge in [0, 0.05) is 19.6 Å². The highest BCUT2D eigenvalue weighted by molar-refractivity contribution is 5.95. The number of alkyl carbamates (subject to hydrolysis) is 1. The van der Waals surface area contributed by atoms with Crippen molar-refractivity contribution >= 4 is 12.0 Å². The van der Waals surface area contributed by atoms with Crippen molar-refractivity contribution in [3.63, 3.8) is 0 Å². The van der Waals surface area contributed by atoms with Gasteiger partial charge in [0.15, 0.2) is 0 Å². The van der Waals surface area contributed by atoms with Crippen molar-refractivity contribution in [1.82, 2.24) is 35.2 Å². The first kappa shape index (κ1) is 21.8. The van der Waals surface area contributed by atoms with Gasteiger partial charge in [0.1, 0.15) is 17.8 Å². The van der Waals surface area contributed by atoms with E-state index in [9.17, 15) is 9.59 Å². The molecule has 2 aromatic rings. The standard InChI is InChI=1S/C20H31N7O3/c1-6-26-17(22-12-24-26)13(2)25-18(28)15-11-23-27-8-7-14(9-16(15)27)10-21-19(29)30-20(3,4)5/h11-14H,6-10H2,1-5H3,(H,21,29)(H,25,28). The van der Waals surface area contributed by atoms with Gasteiger partial charge in [-0.1, -0.05) is 0 Å². The molecule has 2 unspecified atom stereocenters. The Balaban J connectivity index is 1.61. The molecule has 30 heavy (non-hydrogen) atoms. The van der Waals surface area contributed by atoms with Gasteiger partial charge in [0.25, 0.3) is 5.91 Å². The van der Waals surface area contributed by atoms with Crippen LogP contribution in [-0.2, 0) is 24.2 Å². The van der Waals surface area contributed by atoms with Gasteiger partial charge in [0.05, 0.1) is 23.5 Å². The van der Waals surface area contributed by atoms with Gasteiger partial charge in [-0.25, -0.2) is 14.5 Å². The van der Waals surface area contributed by atoms with Crippen molar-refractivity contribution in [2.45, 2.75) is 72.2 Å². The average molecular weight is 418 g/mol. The third-order valence-electron chi connectivity index (χ3n) is 5.04. The number of nitrogens with one attached hydrogen (secondary N) is 2. The summed E-state index contributed by atoms with van der Waals surface area (Å²) < 4.78 is 8.93. The van der Waals surface area contributed by atoms with E-state index >= 15 is 0 Å². The number of amides is 2. The van der Waals surface area contributed by atoms with Gasteiger partial charge >= 0.3 is 6.09 Å². The summed E-state index contributed by atoms with van der Waals surface area (Å²) in [6, 6.07) is -0.274. The number of nitrogens with zero attached hydrogens (tertiary/aromatic N) is 5. The lowest BCUT2D eigenvalue weighted by Crippen LogP contribution is -2.37. The second-order valence-corrected chi connectivity index (χ2v) is 8.60. The molecule has 164 valence electrons. The lowest BCUT2D eigenvalue weighted by molar-refractivity contribution is 0.0516. The van der Waals surface area contributed by atoms with Gasteiger partial charge in [0.2, 0.25) is 0 Å². The van der Waals surface area contributed by atoms with Crippen LogP contribution in [0.4, 0.5) is 4.79 Å². The molecule has 1 aliphatic heterocycles. The predicted molar refractivity (Wildman–Crippen MR) is 110 cm³/mol. The van der Waals surface area contributed by atoms with Crippen LogP contribution in [0.15, 0.2) is 12.5 Å². The Labute approximate surface area is 176 Å². The molecule has 2 atom stereocenters. The second-order valence-electron chi connectivity index (χ2n) is 8.60. The Bertz CT molecular complexity index is 897. The fraction of sp³-hybridized carbons (Fsp3) is 0.650. The quantitative estimate of drug-likeness (QED) is 0.743. The van der Waals surface area contributed by atoms with Gasteiger partial charge in [-0.2, -0.15) is 10.2 Å². The molecule has 0 saturated carbocycles. The summed E-state index contributed by atoms with van der Waals surface area (Å²) >= 11 is 0. The Kier molecular flexibility index (Phi) is 6.42. The van der Waals surface area contributed by atoms with Crippen LogP contribution in [0.1, 0.15) is 69.0 Å². The normalized spacial score (nSPS) is 17.2. The highest BCUT2D eigenvalue weighted by Crippen LogP contribution is 2.23. The van der Waals surface area contributed by atoms with Gasteiger partial charge in [-0.15, -0.1) is 0 Å². The summed E-state index contributed by atoms with van der Waals surface area (Å²) in [5, 5.41) is 14.4. The van der Waals surface area contributed by atoms with E-state index in [0.717, 1.165) is 12.1 Å². The SMILES string of the molecule is CCn1ncnc1C(C)NC(=O)c1cnn2c1CC(CNC(=O)OC(C)(C)C)CC2. The van der Waals surface area contributed by atoms with Gasteiger partial charge < -0.3 is 15.4 Å². The monoisotopic (exact) mass is 417 g/mol. The van der Waals surface area contributed by atoms with Gasteiger partial charge in [-0.05, 0) is 53.4 Å². The first-order valence-electron chi connectivity index (χ1n) is 10.4. The van der Waals surface area contributed by atoms with E-state index in [4.69, 9.17) is 4.74 Å². The summed E-state index contributed by atoms with van der Waals surface area (Å²) in [5.74, 6) is 0.746. The number of hydrogen-bond donors (Lipinski definition) is 2. The molecule has 0 saturated heterocycles. The summed E-state index contributed by atoms with van der Waals surface area (Å²) in [7, 11) is 0. The number of fused-ring (bicyclic) bond motifs is 1. The predicted octanol–water partition coefficient (Wildman–Crippen LogP) is 2.07. The summed E-state index contributed by atoms with van der Waals surface area (Å²) in [4.78, 5) is 29.1. The van der Waals surface area contributed by atoms with Crippen LogP contribution < -0.4 is 10.6 Å². The van der Waals surface area contributed by atoms with Crippen molar-refractivity contribution in [2.75, 3.05) is 6.54 Å². The van der Waals surface area contributed by atoms with Crippen LogP contribution in [0.5, 0.6) is 0 Å². The zero-order valence-corrected chi connectivity index (χ0v) is 18.3. The second kappa shape index (κ2) is 8.85. The third kappa shape index (κ3) is 5.17. The van der Waals surface area contributed by atoms with Crippen LogP contribution in [0.3, 0.4) is 0 Å². The summed E-state index contributed by atoms with van der Waals surface area (Å²) in [6.45, 7) is 11.3. The first-order chi connectivity index (χ1) is 14.2. The number of ether oxygens (including phenoxy) is 1. The zero-order chi connectivity index (χ0) is 21.9. The van der Waals surface area contributed by atoms with Gasteiger partial charge in [-0.3, -0.25) is 9.48 Å². The van der Waals surface area contributed by atoms with E-state index < -0.39 is 11.7 Å². The molecule has 0 spiro atoms. The van der Waals surface area contributed by atoms with E-state index in [1.807, 2.05) is 39.3 Å². The molecular formula is C20H31N7O3. The van der Waals surface area contributed by atoms with E-state index in [1.165, 1.54) is 6.33 Å². The molecule has 2 N–H and O–H groups in total. The maximum Gasteiger partial charge on any atom is 0.407 e. The highest BCUT2D eigenvalue weighted by atomic mass is 16.6. The third-order valence-corrected chi connectivity index (χ3v) is 5.04. The maximum absolute atomic E-state index is 12.9. The number of aromatic nitrogens is 5. The van der Waals surface area contributed by atoms with Crippen molar-refractivity contribution in [3.8, 4) is 0 Å². The molecule has 3 heterocycles. The Morgan fingerprint density at radius 1 is 1.33 bits per heavy atom. The molecular weight excluding hydrogens is 386 g/mol. The van der Waals surface area contributed by atoms with Crippen LogP contribution in [-0.4, -0.2) is 48.7 Å². The molecule has 0 aliphatic carbocycles. The smallest absolute Gasteiger partial charge is 0.407 e. The number of rotatable bonds is 6. The Morgan fingerprint density at radius 3 is 2.80 bits per heavy atom. The first-order valence-corrected chi connectivity index (χ1v) is 10.4. The maximum atomic E-state index is 12.9. The van der Waals surface area contributed by atoms with E-state index in [2.05, 4.69) is 25.8 Å². The molecule has 0 bridgehead atoms. The van der Waals surface area contributed by atoms with E-state index in [1.54, 1.807) is 10.9 Å². The van der Waals surface area contributed by atoms with E-state index in [0.29, 0.717) is 37.4 Å². The minimum absolute atomic E-state index is 0.185. The number of aryl methyl sites for hydroxylation is 2. The van der Waals surface area contributed by atoms with Crippen LogP contribution in [0.2, 0.25) is 0 Å². The fourth-order valence-electron chi connectivity index (χ4n) is 3.60.